The standard InChI is InChI=1S/C7H16N2O3/c1-6(10)4-9-2-3-12-5-7(8)11/h6,9-10H,2-5H2,1H3,(H2,8,11)/t6-/m0/s1. The fourth-order valence-electron chi connectivity index (χ4n) is 0.628. The number of nitrogens with one attached hydrogen (secondary N) is 1. The van der Waals surface area contributed by atoms with E-state index in [0.29, 0.717) is 19.7 Å². The van der Waals surface area contributed by atoms with Gasteiger partial charge >= 0.3 is 0 Å². The maximum Gasteiger partial charge on any atom is 0.243 e. The minimum atomic E-state index is -0.467. The molecule has 72 valence electrons. The van der Waals surface area contributed by atoms with Gasteiger partial charge in [0, 0.05) is 13.1 Å². The fourth-order valence-corrected chi connectivity index (χ4v) is 0.628. The van der Waals surface area contributed by atoms with Gasteiger partial charge in [-0.3, -0.25) is 4.79 Å². The third-order valence-electron chi connectivity index (χ3n) is 1.11. The average Bonchev–Trinajstić information content (AvgIpc) is 1.95. The van der Waals surface area contributed by atoms with Gasteiger partial charge < -0.3 is 20.9 Å². The smallest absolute Gasteiger partial charge is 0.243 e. The van der Waals surface area contributed by atoms with Crippen molar-refractivity contribution < 1.29 is 14.6 Å². The van der Waals surface area contributed by atoms with Crippen LogP contribution in [0.25, 0.3) is 0 Å². The zero-order valence-corrected chi connectivity index (χ0v) is 7.25. The van der Waals surface area contributed by atoms with Crippen molar-refractivity contribution in [1.29, 1.82) is 0 Å². The summed E-state index contributed by atoms with van der Waals surface area (Å²) in [5.74, 6) is -0.467. The predicted octanol–water partition coefficient (Wildman–Crippen LogP) is -1.54. The van der Waals surface area contributed by atoms with Gasteiger partial charge in [-0.1, -0.05) is 0 Å². The molecule has 0 fully saturated rings. The molecule has 0 aliphatic rings. The van der Waals surface area contributed by atoms with E-state index in [1.165, 1.54) is 0 Å². The van der Waals surface area contributed by atoms with Crippen molar-refractivity contribution in [3.05, 3.63) is 0 Å². The number of aliphatic hydroxyl groups is 1. The molecule has 0 aromatic heterocycles. The maximum atomic E-state index is 10.2. The molecule has 0 saturated heterocycles. The largest absolute Gasteiger partial charge is 0.392 e. The number of carbonyl (C=O) groups is 1. The van der Waals surface area contributed by atoms with Gasteiger partial charge in [0.05, 0.1) is 12.7 Å². The van der Waals surface area contributed by atoms with E-state index in [2.05, 4.69) is 5.32 Å². The van der Waals surface area contributed by atoms with Crippen LogP contribution >= 0.6 is 0 Å². The van der Waals surface area contributed by atoms with Crippen molar-refractivity contribution in [2.45, 2.75) is 13.0 Å². The molecule has 4 N–H and O–H groups in total. The van der Waals surface area contributed by atoms with E-state index in [1.54, 1.807) is 6.92 Å². The second-order valence-electron chi connectivity index (χ2n) is 2.57. The summed E-state index contributed by atoms with van der Waals surface area (Å²) in [6.45, 7) is 3.21. The number of primary amides is 1. The number of amides is 1. The molecule has 1 amide bonds. The Bertz CT molecular complexity index is 128. The highest BCUT2D eigenvalue weighted by atomic mass is 16.5. The number of rotatable bonds is 7. The lowest BCUT2D eigenvalue weighted by Crippen LogP contribution is -2.29. The summed E-state index contributed by atoms with van der Waals surface area (Å²) < 4.78 is 4.86. The average molecular weight is 176 g/mol. The van der Waals surface area contributed by atoms with Crippen molar-refractivity contribution in [1.82, 2.24) is 5.32 Å². The van der Waals surface area contributed by atoms with Gasteiger partial charge in [0.2, 0.25) is 5.91 Å². The Morgan fingerprint density at radius 2 is 2.42 bits per heavy atom. The molecule has 5 nitrogen and oxygen atoms in total. The van der Waals surface area contributed by atoms with Gasteiger partial charge in [-0.25, -0.2) is 0 Å². The Hall–Kier alpha value is -0.650. The number of ether oxygens (including phenoxy) is 1. The van der Waals surface area contributed by atoms with Gasteiger partial charge in [-0.05, 0) is 6.92 Å². The zero-order valence-electron chi connectivity index (χ0n) is 7.25. The molecule has 0 unspecified atom stereocenters. The molecule has 0 heterocycles. The molecule has 0 aromatic rings. The molecule has 0 saturated carbocycles. The summed E-state index contributed by atoms with van der Waals surface area (Å²) >= 11 is 0. The first-order valence-corrected chi connectivity index (χ1v) is 3.87. The third kappa shape index (κ3) is 9.35. The summed E-state index contributed by atoms with van der Waals surface area (Å²) in [5, 5.41) is 11.8. The quantitative estimate of drug-likeness (QED) is 0.410. The number of hydrogen-bond donors (Lipinski definition) is 3. The number of hydrogen-bond acceptors (Lipinski definition) is 4. The summed E-state index contributed by atoms with van der Waals surface area (Å²) in [5.41, 5.74) is 4.83. The molecule has 0 spiro atoms. The normalized spacial score (nSPS) is 12.8. The van der Waals surface area contributed by atoms with Crippen molar-refractivity contribution in [2.75, 3.05) is 26.3 Å². The van der Waals surface area contributed by atoms with Crippen LogP contribution in [0.5, 0.6) is 0 Å². The molecule has 0 bridgehead atoms. The maximum absolute atomic E-state index is 10.2. The summed E-state index contributed by atoms with van der Waals surface area (Å²) in [7, 11) is 0. The lowest BCUT2D eigenvalue weighted by atomic mass is 10.4. The highest BCUT2D eigenvalue weighted by Crippen LogP contribution is 1.75. The van der Waals surface area contributed by atoms with Crippen molar-refractivity contribution in [3.63, 3.8) is 0 Å². The second kappa shape index (κ2) is 7.02. The van der Waals surface area contributed by atoms with E-state index >= 15 is 0 Å². The van der Waals surface area contributed by atoms with E-state index in [9.17, 15) is 4.79 Å². The predicted molar refractivity (Wildman–Crippen MR) is 44.6 cm³/mol. The monoisotopic (exact) mass is 176 g/mol. The van der Waals surface area contributed by atoms with Gasteiger partial charge in [0.1, 0.15) is 6.61 Å². The lowest BCUT2D eigenvalue weighted by molar-refractivity contribution is -0.122. The summed E-state index contributed by atoms with van der Waals surface area (Å²) in [6, 6.07) is 0. The Balaban J connectivity index is 2.96. The molecule has 0 radical (unpaired) electrons. The van der Waals surface area contributed by atoms with Gasteiger partial charge in [0.15, 0.2) is 0 Å². The van der Waals surface area contributed by atoms with E-state index in [0.717, 1.165) is 0 Å². The van der Waals surface area contributed by atoms with Crippen LogP contribution in [-0.4, -0.2) is 43.4 Å². The van der Waals surface area contributed by atoms with Gasteiger partial charge in [-0.2, -0.15) is 0 Å². The highest BCUT2D eigenvalue weighted by Gasteiger charge is 1.95. The molecule has 5 heteroatoms. The molecule has 0 aliphatic heterocycles. The Kier molecular flexibility index (Phi) is 6.64. The molecule has 12 heavy (non-hydrogen) atoms. The number of nitrogens with two attached hydrogens (primary N) is 1. The number of aliphatic hydroxyl groups excluding tert-OH is 1. The first kappa shape index (κ1) is 11.4. The van der Waals surface area contributed by atoms with Crippen LogP contribution in [0.2, 0.25) is 0 Å². The first-order valence-electron chi connectivity index (χ1n) is 3.87. The first-order chi connectivity index (χ1) is 5.63. The third-order valence-corrected chi connectivity index (χ3v) is 1.11. The minimum absolute atomic E-state index is 0.0453. The van der Waals surface area contributed by atoms with Crippen LogP contribution in [-0.2, 0) is 9.53 Å². The highest BCUT2D eigenvalue weighted by molar-refractivity contribution is 5.74. The van der Waals surface area contributed by atoms with Crippen LogP contribution < -0.4 is 11.1 Å². The molecule has 0 aliphatic carbocycles. The molecule has 0 rings (SSSR count). The SMILES string of the molecule is C[C@H](O)CNCCOCC(N)=O. The van der Waals surface area contributed by atoms with Crippen LogP contribution in [0.15, 0.2) is 0 Å². The van der Waals surface area contributed by atoms with Crippen LogP contribution in [0.1, 0.15) is 6.92 Å². The van der Waals surface area contributed by atoms with Crippen LogP contribution in [0, 0.1) is 0 Å². The van der Waals surface area contributed by atoms with Crippen molar-refractivity contribution in [3.8, 4) is 0 Å². The van der Waals surface area contributed by atoms with Gasteiger partial charge in [-0.15, -0.1) is 0 Å². The van der Waals surface area contributed by atoms with Crippen molar-refractivity contribution >= 4 is 5.91 Å². The van der Waals surface area contributed by atoms with E-state index in [1.807, 2.05) is 0 Å². The molecule has 1 atom stereocenters. The minimum Gasteiger partial charge on any atom is -0.392 e. The number of carbonyl (C=O) groups excluding carboxylic acids is 1. The van der Waals surface area contributed by atoms with E-state index < -0.39 is 5.91 Å². The summed E-state index contributed by atoms with van der Waals surface area (Å²) in [6.07, 6.45) is -0.360. The Labute approximate surface area is 71.9 Å². The van der Waals surface area contributed by atoms with Gasteiger partial charge in [0.25, 0.3) is 0 Å². The molecule has 0 aromatic carbocycles. The summed E-state index contributed by atoms with van der Waals surface area (Å²) in [4.78, 5) is 10.2. The topological polar surface area (TPSA) is 84.6 Å². The van der Waals surface area contributed by atoms with E-state index in [-0.39, 0.29) is 12.7 Å². The fraction of sp³-hybridized carbons (Fsp3) is 0.857. The Morgan fingerprint density at radius 3 is 2.92 bits per heavy atom. The molecular weight excluding hydrogens is 160 g/mol. The lowest BCUT2D eigenvalue weighted by Gasteiger charge is -2.06. The van der Waals surface area contributed by atoms with Crippen LogP contribution in [0.3, 0.4) is 0 Å². The Morgan fingerprint density at radius 1 is 1.75 bits per heavy atom. The zero-order chi connectivity index (χ0) is 9.40. The molecular formula is C7H16N2O3. The van der Waals surface area contributed by atoms with E-state index in [4.69, 9.17) is 15.6 Å². The second-order valence-corrected chi connectivity index (χ2v) is 2.57. The van der Waals surface area contributed by atoms with Crippen LogP contribution in [0.4, 0.5) is 0 Å². The van der Waals surface area contributed by atoms with Crippen molar-refractivity contribution in [2.24, 2.45) is 5.73 Å².